The van der Waals surface area contributed by atoms with E-state index in [2.05, 4.69) is 34.5 Å². The Morgan fingerprint density at radius 2 is 1.60 bits per heavy atom. The standard InChI is InChI=1S/C17H21FN2/c1-19-11-14-6-8-15(9-7-14)12-20(2)13-16-4-3-5-17(18)10-16/h3-10,19H,11-13H2,1-2H3. The van der Waals surface area contributed by atoms with E-state index < -0.39 is 0 Å². The van der Waals surface area contributed by atoms with Crippen molar-refractivity contribution < 1.29 is 4.39 Å². The maximum absolute atomic E-state index is 13.1. The molecule has 106 valence electrons. The first-order valence-electron chi connectivity index (χ1n) is 6.83. The third kappa shape index (κ3) is 4.44. The van der Waals surface area contributed by atoms with Gasteiger partial charge in [0.2, 0.25) is 0 Å². The molecule has 0 bridgehead atoms. The molecule has 0 heterocycles. The van der Waals surface area contributed by atoms with Gasteiger partial charge in [0.25, 0.3) is 0 Å². The van der Waals surface area contributed by atoms with E-state index in [1.165, 1.54) is 17.2 Å². The zero-order valence-electron chi connectivity index (χ0n) is 12.1. The molecular formula is C17H21FN2. The summed E-state index contributed by atoms with van der Waals surface area (Å²) in [6, 6.07) is 15.4. The Morgan fingerprint density at radius 3 is 2.25 bits per heavy atom. The number of benzene rings is 2. The highest BCUT2D eigenvalue weighted by atomic mass is 19.1. The monoisotopic (exact) mass is 272 g/mol. The lowest BCUT2D eigenvalue weighted by Gasteiger charge is -2.17. The predicted molar refractivity (Wildman–Crippen MR) is 80.8 cm³/mol. The molecule has 1 N–H and O–H groups in total. The molecule has 2 nitrogen and oxygen atoms in total. The highest BCUT2D eigenvalue weighted by Gasteiger charge is 2.03. The highest BCUT2D eigenvalue weighted by molar-refractivity contribution is 5.22. The highest BCUT2D eigenvalue weighted by Crippen LogP contribution is 2.10. The Kier molecular flexibility index (Phi) is 5.27. The molecule has 0 saturated carbocycles. The number of hydrogen-bond acceptors (Lipinski definition) is 2. The van der Waals surface area contributed by atoms with Crippen LogP contribution in [0.2, 0.25) is 0 Å². The number of hydrogen-bond donors (Lipinski definition) is 1. The third-order valence-corrected chi connectivity index (χ3v) is 3.20. The number of halogens is 1. The van der Waals surface area contributed by atoms with Crippen LogP contribution in [0.1, 0.15) is 16.7 Å². The first kappa shape index (κ1) is 14.7. The molecule has 0 aliphatic heterocycles. The summed E-state index contributed by atoms with van der Waals surface area (Å²) >= 11 is 0. The van der Waals surface area contributed by atoms with Crippen molar-refractivity contribution in [2.45, 2.75) is 19.6 Å². The van der Waals surface area contributed by atoms with E-state index in [1.54, 1.807) is 12.1 Å². The van der Waals surface area contributed by atoms with Crippen molar-refractivity contribution in [1.82, 2.24) is 10.2 Å². The van der Waals surface area contributed by atoms with E-state index in [0.29, 0.717) is 0 Å². The first-order chi connectivity index (χ1) is 9.67. The normalized spacial score (nSPS) is 11.0. The van der Waals surface area contributed by atoms with Gasteiger partial charge < -0.3 is 5.32 Å². The smallest absolute Gasteiger partial charge is 0.123 e. The summed E-state index contributed by atoms with van der Waals surface area (Å²) in [5.41, 5.74) is 3.55. The van der Waals surface area contributed by atoms with Crippen LogP contribution in [0.3, 0.4) is 0 Å². The lowest BCUT2D eigenvalue weighted by atomic mass is 10.1. The molecule has 0 aliphatic rings. The van der Waals surface area contributed by atoms with Gasteiger partial charge in [-0.1, -0.05) is 36.4 Å². The van der Waals surface area contributed by atoms with Crippen LogP contribution < -0.4 is 5.32 Å². The molecule has 3 heteroatoms. The Hall–Kier alpha value is -1.71. The summed E-state index contributed by atoms with van der Waals surface area (Å²) in [5, 5.41) is 3.14. The van der Waals surface area contributed by atoms with Crippen molar-refractivity contribution in [2.24, 2.45) is 0 Å². The molecule has 2 aromatic rings. The van der Waals surface area contributed by atoms with Crippen molar-refractivity contribution >= 4 is 0 Å². The van der Waals surface area contributed by atoms with Gasteiger partial charge in [-0.2, -0.15) is 0 Å². The molecule has 0 fully saturated rings. The molecule has 0 aromatic heterocycles. The minimum absolute atomic E-state index is 0.174. The summed E-state index contributed by atoms with van der Waals surface area (Å²) in [4.78, 5) is 2.18. The summed E-state index contributed by atoms with van der Waals surface area (Å²) in [5.74, 6) is -0.174. The van der Waals surface area contributed by atoms with Crippen molar-refractivity contribution in [3.63, 3.8) is 0 Å². The van der Waals surface area contributed by atoms with Gasteiger partial charge in [0.15, 0.2) is 0 Å². The van der Waals surface area contributed by atoms with Gasteiger partial charge >= 0.3 is 0 Å². The quantitative estimate of drug-likeness (QED) is 0.869. The Morgan fingerprint density at radius 1 is 0.950 bits per heavy atom. The maximum Gasteiger partial charge on any atom is 0.123 e. The summed E-state index contributed by atoms with van der Waals surface area (Å²) < 4.78 is 13.1. The number of nitrogens with one attached hydrogen (secondary N) is 1. The van der Waals surface area contributed by atoms with Crippen molar-refractivity contribution in [1.29, 1.82) is 0 Å². The van der Waals surface area contributed by atoms with Gasteiger partial charge in [0, 0.05) is 19.6 Å². The molecule has 2 rings (SSSR count). The summed E-state index contributed by atoms with van der Waals surface area (Å²) in [7, 11) is 3.99. The Bertz CT molecular complexity index is 537. The number of nitrogens with zero attached hydrogens (tertiary/aromatic N) is 1. The van der Waals surface area contributed by atoms with Gasteiger partial charge in [0.05, 0.1) is 0 Å². The minimum Gasteiger partial charge on any atom is -0.316 e. The van der Waals surface area contributed by atoms with Crippen LogP contribution in [0.4, 0.5) is 4.39 Å². The fraction of sp³-hybridized carbons (Fsp3) is 0.294. The fourth-order valence-electron chi connectivity index (χ4n) is 2.28. The zero-order chi connectivity index (χ0) is 14.4. The van der Waals surface area contributed by atoms with E-state index in [4.69, 9.17) is 0 Å². The lowest BCUT2D eigenvalue weighted by Crippen LogP contribution is -2.17. The Labute approximate surface area is 120 Å². The van der Waals surface area contributed by atoms with Gasteiger partial charge in [0.1, 0.15) is 5.82 Å². The average molecular weight is 272 g/mol. The molecule has 0 spiro atoms. The van der Waals surface area contributed by atoms with Gasteiger partial charge in [-0.15, -0.1) is 0 Å². The van der Waals surface area contributed by atoms with Crippen LogP contribution in [-0.2, 0) is 19.6 Å². The molecule has 20 heavy (non-hydrogen) atoms. The second-order valence-electron chi connectivity index (χ2n) is 5.15. The topological polar surface area (TPSA) is 15.3 Å². The third-order valence-electron chi connectivity index (χ3n) is 3.20. The van der Waals surface area contributed by atoms with Crippen LogP contribution in [0.25, 0.3) is 0 Å². The van der Waals surface area contributed by atoms with E-state index in [1.807, 2.05) is 20.2 Å². The molecule has 0 unspecified atom stereocenters. The van der Waals surface area contributed by atoms with E-state index in [-0.39, 0.29) is 5.82 Å². The summed E-state index contributed by atoms with van der Waals surface area (Å²) in [6.45, 7) is 2.49. The van der Waals surface area contributed by atoms with Crippen molar-refractivity contribution in [3.8, 4) is 0 Å². The van der Waals surface area contributed by atoms with Gasteiger partial charge in [-0.05, 0) is 42.9 Å². The first-order valence-corrected chi connectivity index (χ1v) is 6.83. The van der Waals surface area contributed by atoms with Crippen molar-refractivity contribution in [3.05, 3.63) is 71.0 Å². The van der Waals surface area contributed by atoms with Crippen LogP contribution in [0.15, 0.2) is 48.5 Å². The number of rotatable bonds is 6. The minimum atomic E-state index is -0.174. The van der Waals surface area contributed by atoms with Gasteiger partial charge in [-0.25, -0.2) is 4.39 Å². The largest absolute Gasteiger partial charge is 0.316 e. The van der Waals surface area contributed by atoms with Crippen LogP contribution in [0.5, 0.6) is 0 Å². The van der Waals surface area contributed by atoms with Crippen LogP contribution in [0, 0.1) is 5.82 Å². The molecule has 0 amide bonds. The maximum atomic E-state index is 13.1. The Balaban J connectivity index is 1.92. The van der Waals surface area contributed by atoms with Gasteiger partial charge in [-0.3, -0.25) is 4.90 Å². The molecule has 0 radical (unpaired) electrons. The lowest BCUT2D eigenvalue weighted by molar-refractivity contribution is 0.318. The fourth-order valence-corrected chi connectivity index (χ4v) is 2.28. The molecule has 0 atom stereocenters. The summed E-state index contributed by atoms with van der Waals surface area (Å²) in [6.07, 6.45) is 0. The molecule has 0 saturated heterocycles. The van der Waals surface area contributed by atoms with E-state index in [0.717, 1.165) is 25.2 Å². The van der Waals surface area contributed by atoms with Crippen LogP contribution >= 0.6 is 0 Å². The molecular weight excluding hydrogens is 251 g/mol. The average Bonchev–Trinajstić information content (AvgIpc) is 2.41. The molecule has 2 aromatic carbocycles. The van der Waals surface area contributed by atoms with Crippen molar-refractivity contribution in [2.75, 3.05) is 14.1 Å². The second kappa shape index (κ2) is 7.17. The zero-order valence-corrected chi connectivity index (χ0v) is 12.1. The predicted octanol–water partition coefficient (Wildman–Crippen LogP) is 3.18. The van der Waals surface area contributed by atoms with Crippen LogP contribution in [-0.4, -0.2) is 19.0 Å². The second-order valence-corrected chi connectivity index (χ2v) is 5.15. The van der Waals surface area contributed by atoms with E-state index >= 15 is 0 Å². The molecule has 0 aliphatic carbocycles. The van der Waals surface area contributed by atoms with E-state index in [9.17, 15) is 4.39 Å². The SMILES string of the molecule is CNCc1ccc(CN(C)Cc2cccc(F)c2)cc1.